The van der Waals surface area contributed by atoms with Crippen molar-refractivity contribution in [1.29, 1.82) is 0 Å². The summed E-state index contributed by atoms with van der Waals surface area (Å²) in [5.41, 5.74) is 1.91. The van der Waals surface area contributed by atoms with Crippen LogP contribution in [0.4, 0.5) is 5.69 Å². The van der Waals surface area contributed by atoms with Crippen molar-refractivity contribution in [2.24, 2.45) is 4.99 Å². The topological polar surface area (TPSA) is 12.4 Å². The third-order valence-corrected chi connectivity index (χ3v) is 1.33. The van der Waals surface area contributed by atoms with Crippen molar-refractivity contribution in [3.8, 4) is 0 Å². The normalized spacial score (nSPS) is 8.80. The number of nitrogens with zero attached hydrogens (tertiary/aromatic N) is 1. The molecule has 0 amide bonds. The molecule has 1 aromatic carbocycles. The minimum atomic E-state index is 0.887. The molecular formula is C9H9N. The molecule has 10 heavy (non-hydrogen) atoms. The van der Waals surface area contributed by atoms with Gasteiger partial charge < -0.3 is 0 Å². The van der Waals surface area contributed by atoms with Crippen molar-refractivity contribution < 1.29 is 0 Å². The van der Waals surface area contributed by atoms with Crippen LogP contribution in [0.15, 0.2) is 35.8 Å². The SMILES string of the molecule is C=Cc1ccccc1N=C. The first-order valence-electron chi connectivity index (χ1n) is 3.06. The van der Waals surface area contributed by atoms with E-state index in [1.165, 1.54) is 0 Å². The summed E-state index contributed by atoms with van der Waals surface area (Å²) in [7, 11) is 0. The van der Waals surface area contributed by atoms with Gasteiger partial charge in [0.15, 0.2) is 0 Å². The highest BCUT2D eigenvalue weighted by molar-refractivity contribution is 5.64. The summed E-state index contributed by atoms with van der Waals surface area (Å²) in [5, 5.41) is 0. The minimum Gasteiger partial charge on any atom is -0.264 e. The molecule has 0 atom stereocenters. The lowest BCUT2D eigenvalue weighted by atomic mass is 10.2. The first-order chi connectivity index (χ1) is 4.88. The predicted octanol–water partition coefficient (Wildman–Crippen LogP) is 2.66. The van der Waals surface area contributed by atoms with Crippen LogP contribution >= 0.6 is 0 Å². The average Bonchev–Trinajstić information content (AvgIpc) is 2.04. The molecule has 1 aromatic rings. The van der Waals surface area contributed by atoms with Gasteiger partial charge in [-0.2, -0.15) is 0 Å². The lowest BCUT2D eigenvalue weighted by Crippen LogP contribution is -1.70. The Kier molecular flexibility index (Phi) is 2.00. The molecule has 0 unspecified atom stereocenters. The number of aliphatic imine (C=N–C) groups is 1. The van der Waals surface area contributed by atoms with Crippen LogP contribution in [0.5, 0.6) is 0 Å². The fourth-order valence-corrected chi connectivity index (χ4v) is 0.804. The predicted molar refractivity (Wildman–Crippen MR) is 45.7 cm³/mol. The van der Waals surface area contributed by atoms with Crippen LogP contribution in [-0.2, 0) is 0 Å². The van der Waals surface area contributed by atoms with E-state index in [0.717, 1.165) is 11.3 Å². The Bertz CT molecular complexity index is 224. The molecule has 1 rings (SSSR count). The first kappa shape index (κ1) is 6.75. The second-order valence-electron chi connectivity index (χ2n) is 1.92. The number of hydrogen-bond acceptors (Lipinski definition) is 1. The first-order valence-corrected chi connectivity index (χ1v) is 3.06. The van der Waals surface area contributed by atoms with Gasteiger partial charge in [0.1, 0.15) is 0 Å². The summed E-state index contributed by atoms with van der Waals surface area (Å²) >= 11 is 0. The lowest BCUT2D eigenvalue weighted by Gasteiger charge is -1.95. The van der Waals surface area contributed by atoms with Crippen LogP contribution in [0, 0.1) is 0 Å². The average molecular weight is 131 g/mol. The molecule has 0 heterocycles. The molecule has 0 radical (unpaired) electrons. The Labute approximate surface area is 60.7 Å². The van der Waals surface area contributed by atoms with Crippen LogP contribution in [0.1, 0.15) is 5.56 Å². The van der Waals surface area contributed by atoms with Gasteiger partial charge in [-0.25, -0.2) is 0 Å². The van der Waals surface area contributed by atoms with E-state index >= 15 is 0 Å². The summed E-state index contributed by atoms with van der Waals surface area (Å²) in [6.45, 7) is 7.09. The van der Waals surface area contributed by atoms with Crippen molar-refractivity contribution >= 4 is 18.5 Å². The molecule has 0 aromatic heterocycles. The van der Waals surface area contributed by atoms with Crippen molar-refractivity contribution in [3.05, 3.63) is 36.4 Å². The van der Waals surface area contributed by atoms with E-state index in [0.29, 0.717) is 0 Å². The molecule has 0 bridgehead atoms. The van der Waals surface area contributed by atoms with Gasteiger partial charge in [0, 0.05) is 0 Å². The Morgan fingerprint density at radius 2 is 2.00 bits per heavy atom. The quantitative estimate of drug-likeness (QED) is 0.547. The molecule has 50 valence electrons. The maximum absolute atomic E-state index is 3.82. The smallest absolute Gasteiger partial charge is 0.0694 e. The van der Waals surface area contributed by atoms with Gasteiger partial charge in [-0.15, -0.1) is 0 Å². The Hall–Kier alpha value is -1.37. The highest BCUT2D eigenvalue weighted by Crippen LogP contribution is 2.17. The van der Waals surface area contributed by atoms with Crippen molar-refractivity contribution in [2.45, 2.75) is 0 Å². The molecule has 0 aliphatic heterocycles. The van der Waals surface area contributed by atoms with Gasteiger partial charge in [-0.3, -0.25) is 4.99 Å². The highest BCUT2D eigenvalue weighted by atomic mass is 14.7. The minimum absolute atomic E-state index is 0.887. The molecule has 0 saturated heterocycles. The van der Waals surface area contributed by atoms with Gasteiger partial charge in [-0.05, 0) is 18.3 Å². The Morgan fingerprint density at radius 3 is 2.50 bits per heavy atom. The largest absolute Gasteiger partial charge is 0.264 e. The zero-order valence-electron chi connectivity index (χ0n) is 5.75. The number of hydrogen-bond donors (Lipinski definition) is 0. The molecule has 0 aliphatic carbocycles. The van der Waals surface area contributed by atoms with Crippen LogP contribution in [0.2, 0.25) is 0 Å². The van der Waals surface area contributed by atoms with Crippen LogP contribution in [0.25, 0.3) is 6.08 Å². The van der Waals surface area contributed by atoms with Crippen molar-refractivity contribution in [3.63, 3.8) is 0 Å². The van der Waals surface area contributed by atoms with E-state index < -0.39 is 0 Å². The zero-order valence-corrected chi connectivity index (χ0v) is 5.75. The Balaban J connectivity index is 3.20. The fourth-order valence-electron chi connectivity index (χ4n) is 0.804. The second-order valence-corrected chi connectivity index (χ2v) is 1.92. The molecule has 1 heteroatoms. The molecule has 0 spiro atoms. The second kappa shape index (κ2) is 2.97. The third-order valence-electron chi connectivity index (χ3n) is 1.33. The van der Waals surface area contributed by atoms with Gasteiger partial charge >= 0.3 is 0 Å². The van der Waals surface area contributed by atoms with E-state index in [-0.39, 0.29) is 0 Å². The molecule has 1 nitrogen and oxygen atoms in total. The summed E-state index contributed by atoms with van der Waals surface area (Å²) in [4.78, 5) is 3.82. The zero-order chi connectivity index (χ0) is 7.40. The molecule has 0 N–H and O–H groups in total. The van der Waals surface area contributed by atoms with Crippen LogP contribution in [-0.4, -0.2) is 6.72 Å². The third kappa shape index (κ3) is 1.13. The molecular weight excluding hydrogens is 122 g/mol. The van der Waals surface area contributed by atoms with E-state index in [9.17, 15) is 0 Å². The number of rotatable bonds is 2. The van der Waals surface area contributed by atoms with Crippen LogP contribution < -0.4 is 0 Å². The van der Waals surface area contributed by atoms with Gasteiger partial charge in [0.25, 0.3) is 0 Å². The van der Waals surface area contributed by atoms with E-state index in [4.69, 9.17) is 0 Å². The summed E-state index contributed by atoms with van der Waals surface area (Å²) < 4.78 is 0. The van der Waals surface area contributed by atoms with Crippen molar-refractivity contribution in [2.75, 3.05) is 0 Å². The van der Waals surface area contributed by atoms with E-state index in [2.05, 4.69) is 18.3 Å². The van der Waals surface area contributed by atoms with Crippen LogP contribution in [0.3, 0.4) is 0 Å². The summed E-state index contributed by atoms with van der Waals surface area (Å²) in [6.07, 6.45) is 1.77. The summed E-state index contributed by atoms with van der Waals surface area (Å²) in [6, 6.07) is 7.74. The molecule has 0 saturated carbocycles. The highest BCUT2D eigenvalue weighted by Gasteiger charge is 1.90. The summed E-state index contributed by atoms with van der Waals surface area (Å²) in [5.74, 6) is 0. The van der Waals surface area contributed by atoms with E-state index in [1.54, 1.807) is 6.08 Å². The van der Waals surface area contributed by atoms with Gasteiger partial charge in [-0.1, -0.05) is 30.9 Å². The maximum Gasteiger partial charge on any atom is 0.0694 e. The molecule has 0 fully saturated rings. The van der Waals surface area contributed by atoms with Gasteiger partial charge in [0.05, 0.1) is 5.69 Å². The van der Waals surface area contributed by atoms with E-state index in [1.807, 2.05) is 24.3 Å². The maximum atomic E-state index is 3.82. The number of benzene rings is 1. The number of para-hydroxylation sites is 1. The fraction of sp³-hybridized carbons (Fsp3) is 0. The lowest BCUT2D eigenvalue weighted by molar-refractivity contribution is 1.53. The van der Waals surface area contributed by atoms with Gasteiger partial charge in [0.2, 0.25) is 0 Å². The standard InChI is InChI=1S/C9H9N/c1-3-8-6-4-5-7-9(8)10-2/h3-7H,1-2H2. The Morgan fingerprint density at radius 1 is 1.30 bits per heavy atom. The molecule has 0 aliphatic rings. The monoisotopic (exact) mass is 131 g/mol. The van der Waals surface area contributed by atoms with Crippen molar-refractivity contribution in [1.82, 2.24) is 0 Å².